The first kappa shape index (κ1) is 19.0. The average Bonchev–Trinajstić information content (AvgIpc) is 2.78. The van der Waals surface area contributed by atoms with E-state index in [1.165, 1.54) is 17.7 Å². The topological polar surface area (TPSA) is 76.1 Å². The van der Waals surface area contributed by atoms with Gasteiger partial charge in [0.1, 0.15) is 5.75 Å². The highest BCUT2D eigenvalue weighted by Gasteiger charge is 2.26. The summed E-state index contributed by atoms with van der Waals surface area (Å²) >= 11 is 0. The molecule has 148 valence electrons. The molecule has 2 bridgehead atoms. The first-order valence-corrected chi connectivity index (χ1v) is 9.53. The normalized spacial score (nSPS) is 18.0. The highest BCUT2D eigenvalue weighted by atomic mass is 16.6. The minimum absolute atomic E-state index is 0.0167. The standard InChI is InChI=1S/C23H21NO5/c25-18-8-9-19-22(23(18)29-21(27)11-10-20(26)28-19)17-7-4-13-24(15-17)14-12-16-5-2-1-3-6-16/h1-3,5-11,25H,4,12-15H2/b11-10+. The molecule has 0 saturated heterocycles. The zero-order chi connectivity index (χ0) is 20.2. The predicted octanol–water partition coefficient (Wildman–Crippen LogP) is 3.10. The summed E-state index contributed by atoms with van der Waals surface area (Å²) in [5, 5.41) is 10.3. The summed E-state index contributed by atoms with van der Waals surface area (Å²) in [7, 11) is 0. The molecule has 2 aliphatic heterocycles. The summed E-state index contributed by atoms with van der Waals surface area (Å²) in [6, 6.07) is 13.1. The van der Waals surface area contributed by atoms with Gasteiger partial charge in [0.25, 0.3) is 0 Å². The number of fused-ring (bicyclic) bond motifs is 2. The molecule has 0 amide bonds. The molecular weight excluding hydrogens is 370 g/mol. The van der Waals surface area contributed by atoms with Crippen LogP contribution in [-0.2, 0) is 16.0 Å². The summed E-state index contributed by atoms with van der Waals surface area (Å²) in [5.41, 5.74) is 2.56. The number of hydrogen-bond donors (Lipinski definition) is 1. The van der Waals surface area contributed by atoms with Gasteiger partial charge in [-0.05, 0) is 36.1 Å². The van der Waals surface area contributed by atoms with Crippen LogP contribution < -0.4 is 9.47 Å². The Balaban J connectivity index is 1.61. The highest BCUT2D eigenvalue weighted by molar-refractivity contribution is 5.96. The minimum atomic E-state index is -0.741. The number of phenolic OH excluding ortho intramolecular Hbond substituents is 1. The van der Waals surface area contributed by atoms with Crippen LogP contribution in [0.5, 0.6) is 17.2 Å². The van der Waals surface area contributed by atoms with Crippen molar-refractivity contribution in [1.29, 1.82) is 0 Å². The van der Waals surface area contributed by atoms with Crippen molar-refractivity contribution in [3.63, 3.8) is 0 Å². The molecule has 1 N–H and O–H groups in total. The van der Waals surface area contributed by atoms with Gasteiger partial charge in [-0.3, -0.25) is 4.90 Å². The number of phenols is 1. The van der Waals surface area contributed by atoms with Crippen molar-refractivity contribution in [3.8, 4) is 17.2 Å². The fraction of sp³-hybridized carbons (Fsp3) is 0.217. The smallest absolute Gasteiger partial charge is 0.336 e. The minimum Gasteiger partial charge on any atom is -0.504 e. The van der Waals surface area contributed by atoms with E-state index in [-0.39, 0.29) is 17.2 Å². The van der Waals surface area contributed by atoms with Gasteiger partial charge in [-0.1, -0.05) is 36.4 Å². The van der Waals surface area contributed by atoms with Gasteiger partial charge in [-0.15, -0.1) is 0 Å². The highest BCUT2D eigenvalue weighted by Crippen LogP contribution is 2.43. The summed E-state index contributed by atoms with van der Waals surface area (Å²) in [6.45, 7) is 2.37. The molecule has 6 nitrogen and oxygen atoms in total. The van der Waals surface area contributed by atoms with Crippen LogP contribution >= 0.6 is 0 Å². The molecule has 0 unspecified atom stereocenters. The van der Waals surface area contributed by atoms with Crippen molar-refractivity contribution in [2.75, 3.05) is 19.6 Å². The van der Waals surface area contributed by atoms with E-state index in [0.717, 1.165) is 43.7 Å². The average molecular weight is 391 g/mol. The van der Waals surface area contributed by atoms with Crippen LogP contribution in [0.1, 0.15) is 17.5 Å². The maximum Gasteiger partial charge on any atom is 0.336 e. The van der Waals surface area contributed by atoms with Gasteiger partial charge in [-0.25, -0.2) is 9.59 Å². The van der Waals surface area contributed by atoms with Gasteiger partial charge >= 0.3 is 11.9 Å². The summed E-state index contributed by atoms with van der Waals surface area (Å²) < 4.78 is 10.7. The molecule has 0 aromatic heterocycles. The molecule has 0 atom stereocenters. The van der Waals surface area contributed by atoms with Gasteiger partial charge in [0, 0.05) is 31.8 Å². The fourth-order valence-electron chi connectivity index (χ4n) is 3.57. The Bertz CT molecular complexity index is 994. The molecule has 29 heavy (non-hydrogen) atoms. The molecule has 0 aliphatic carbocycles. The number of aromatic hydroxyl groups is 1. The summed E-state index contributed by atoms with van der Waals surface area (Å²) in [6.07, 6.45) is 5.76. The molecule has 0 spiro atoms. The van der Waals surface area contributed by atoms with E-state index in [4.69, 9.17) is 9.47 Å². The molecule has 2 aliphatic rings. The number of ether oxygens (including phenoxy) is 2. The molecule has 2 heterocycles. The van der Waals surface area contributed by atoms with Gasteiger partial charge < -0.3 is 14.6 Å². The van der Waals surface area contributed by atoms with E-state index in [1.54, 1.807) is 0 Å². The zero-order valence-electron chi connectivity index (χ0n) is 15.8. The summed E-state index contributed by atoms with van der Waals surface area (Å²) in [5.74, 6) is -1.30. The Morgan fingerprint density at radius 2 is 1.72 bits per heavy atom. The lowest BCUT2D eigenvalue weighted by atomic mass is 9.98. The molecule has 6 heteroatoms. The second kappa shape index (κ2) is 8.32. The molecule has 2 aromatic rings. The van der Waals surface area contributed by atoms with E-state index >= 15 is 0 Å². The van der Waals surface area contributed by atoms with Crippen LogP contribution in [0.25, 0.3) is 5.57 Å². The molecular formula is C23H21NO5. The Hall–Kier alpha value is -3.38. The van der Waals surface area contributed by atoms with Crippen molar-refractivity contribution in [2.24, 2.45) is 0 Å². The SMILES string of the molecule is O=C1/C=C/C(=O)Oc2c(O)ccc(c2C2=CCCN(CCc3ccccc3)C2)O1. The van der Waals surface area contributed by atoms with E-state index < -0.39 is 11.9 Å². The zero-order valence-corrected chi connectivity index (χ0v) is 15.8. The number of esters is 2. The number of benzene rings is 2. The molecule has 4 rings (SSSR count). The lowest BCUT2D eigenvalue weighted by Gasteiger charge is -2.28. The second-order valence-electron chi connectivity index (χ2n) is 6.99. The van der Waals surface area contributed by atoms with Crippen LogP contribution in [-0.4, -0.2) is 41.6 Å². The van der Waals surface area contributed by atoms with Gasteiger partial charge in [0.15, 0.2) is 11.5 Å². The number of nitrogens with zero attached hydrogens (tertiary/aromatic N) is 1. The lowest BCUT2D eigenvalue weighted by molar-refractivity contribution is -0.131. The van der Waals surface area contributed by atoms with Crippen molar-refractivity contribution < 1.29 is 24.2 Å². The van der Waals surface area contributed by atoms with E-state index in [2.05, 4.69) is 17.0 Å². The Morgan fingerprint density at radius 1 is 0.966 bits per heavy atom. The van der Waals surface area contributed by atoms with Crippen LogP contribution in [0.2, 0.25) is 0 Å². The first-order chi connectivity index (χ1) is 14.1. The van der Waals surface area contributed by atoms with Gasteiger partial charge in [-0.2, -0.15) is 0 Å². The van der Waals surface area contributed by atoms with E-state index in [9.17, 15) is 14.7 Å². The monoisotopic (exact) mass is 391 g/mol. The molecule has 0 fully saturated rings. The van der Waals surface area contributed by atoms with Crippen molar-refractivity contribution >= 4 is 17.5 Å². The third kappa shape index (κ3) is 4.38. The van der Waals surface area contributed by atoms with Gasteiger partial charge in [0.2, 0.25) is 0 Å². The molecule has 0 radical (unpaired) electrons. The molecule has 2 aromatic carbocycles. The Morgan fingerprint density at radius 3 is 2.52 bits per heavy atom. The largest absolute Gasteiger partial charge is 0.504 e. The second-order valence-corrected chi connectivity index (χ2v) is 6.99. The number of rotatable bonds is 4. The summed E-state index contributed by atoms with van der Waals surface area (Å²) in [4.78, 5) is 26.3. The van der Waals surface area contributed by atoms with Crippen LogP contribution in [0, 0.1) is 0 Å². The number of carbonyl (C=O) groups is 2. The maximum atomic E-state index is 12.0. The Labute approximate surface area is 168 Å². The van der Waals surface area contributed by atoms with Gasteiger partial charge in [0.05, 0.1) is 5.56 Å². The third-order valence-electron chi connectivity index (χ3n) is 4.98. The van der Waals surface area contributed by atoms with Crippen LogP contribution in [0.3, 0.4) is 0 Å². The van der Waals surface area contributed by atoms with Crippen LogP contribution in [0.15, 0.2) is 60.7 Å². The lowest BCUT2D eigenvalue weighted by Crippen LogP contribution is -2.31. The quantitative estimate of drug-likeness (QED) is 0.638. The number of hydrogen-bond acceptors (Lipinski definition) is 6. The Kier molecular flexibility index (Phi) is 5.44. The van der Waals surface area contributed by atoms with Crippen molar-refractivity contribution in [3.05, 3.63) is 71.8 Å². The van der Waals surface area contributed by atoms with Crippen molar-refractivity contribution in [2.45, 2.75) is 12.8 Å². The van der Waals surface area contributed by atoms with E-state index in [1.807, 2.05) is 24.3 Å². The third-order valence-corrected chi connectivity index (χ3v) is 4.98. The number of carbonyl (C=O) groups excluding carboxylic acids is 2. The van der Waals surface area contributed by atoms with Crippen molar-refractivity contribution in [1.82, 2.24) is 4.90 Å². The predicted molar refractivity (Wildman–Crippen MR) is 108 cm³/mol. The fourth-order valence-corrected chi connectivity index (χ4v) is 3.57. The van der Waals surface area contributed by atoms with E-state index in [0.29, 0.717) is 12.1 Å². The first-order valence-electron chi connectivity index (χ1n) is 9.53. The maximum absolute atomic E-state index is 12.0. The van der Waals surface area contributed by atoms with Crippen LogP contribution in [0.4, 0.5) is 0 Å². The molecule has 0 saturated carbocycles.